The highest BCUT2D eigenvalue weighted by Gasteiger charge is 2.32. The van der Waals surface area contributed by atoms with Crippen LogP contribution in [0.15, 0.2) is 48.5 Å². The normalized spacial score (nSPS) is 12.1. The van der Waals surface area contributed by atoms with E-state index in [0.717, 1.165) is 40.1 Å². The number of aryl methyl sites for hydroxylation is 2. The fourth-order valence-corrected chi connectivity index (χ4v) is 5.14. The molecule has 0 heterocycles. The summed E-state index contributed by atoms with van der Waals surface area (Å²) in [4.78, 5) is 28.3. The van der Waals surface area contributed by atoms with Crippen molar-refractivity contribution in [2.24, 2.45) is 0 Å². The molecule has 0 aliphatic rings. The molecule has 0 aromatic heterocycles. The van der Waals surface area contributed by atoms with E-state index in [9.17, 15) is 18.0 Å². The van der Waals surface area contributed by atoms with Gasteiger partial charge < -0.3 is 10.2 Å². The fraction of sp³-hybridized carbons (Fsp3) is 0.481. The summed E-state index contributed by atoms with van der Waals surface area (Å²) in [7, 11) is -3.74. The lowest BCUT2D eigenvalue weighted by molar-refractivity contribution is -0.139. The summed E-state index contributed by atoms with van der Waals surface area (Å²) >= 11 is 0. The third kappa shape index (κ3) is 8.09. The monoisotopic (exact) mass is 501 g/mol. The van der Waals surface area contributed by atoms with E-state index >= 15 is 0 Å². The molecule has 0 radical (unpaired) electrons. The van der Waals surface area contributed by atoms with Gasteiger partial charge in [0.25, 0.3) is 0 Å². The minimum atomic E-state index is -3.74. The molecule has 0 aliphatic carbocycles. The molecule has 7 nitrogen and oxygen atoms in total. The van der Waals surface area contributed by atoms with E-state index in [1.807, 2.05) is 76.2 Å². The van der Waals surface area contributed by atoms with E-state index in [0.29, 0.717) is 31.6 Å². The average Bonchev–Trinajstić information content (AvgIpc) is 2.81. The van der Waals surface area contributed by atoms with Gasteiger partial charge in [0.2, 0.25) is 21.8 Å². The molecule has 0 saturated heterocycles. The number of para-hydroxylation sites is 1. The standard InChI is InChI=1S/C27H39N3O4S/c1-6-8-18-28-27(32)24(7-2)29(19-17-23-15-10-9-11-16-23)25(31)20-30(35(5,33)34)26-21(3)13-12-14-22(26)4/h9-16,24H,6-8,17-20H2,1-5H3,(H,28,32)/t24-/m0/s1. The van der Waals surface area contributed by atoms with E-state index in [2.05, 4.69) is 5.32 Å². The Labute approximate surface area is 210 Å². The Morgan fingerprint density at radius 1 is 0.971 bits per heavy atom. The van der Waals surface area contributed by atoms with E-state index in [-0.39, 0.29) is 12.5 Å². The first-order chi connectivity index (χ1) is 16.6. The number of hydrogen-bond donors (Lipinski definition) is 1. The largest absolute Gasteiger partial charge is 0.354 e. The maximum atomic E-state index is 13.7. The van der Waals surface area contributed by atoms with E-state index in [1.54, 1.807) is 4.90 Å². The number of hydrogen-bond acceptors (Lipinski definition) is 4. The highest BCUT2D eigenvalue weighted by Crippen LogP contribution is 2.27. The molecule has 1 atom stereocenters. The number of benzene rings is 2. The number of carbonyl (C=O) groups is 2. The van der Waals surface area contributed by atoms with Gasteiger partial charge >= 0.3 is 0 Å². The van der Waals surface area contributed by atoms with Crippen LogP contribution in [0.2, 0.25) is 0 Å². The average molecular weight is 502 g/mol. The minimum Gasteiger partial charge on any atom is -0.354 e. The van der Waals surface area contributed by atoms with Gasteiger partial charge in [0.05, 0.1) is 11.9 Å². The predicted octanol–water partition coefficient (Wildman–Crippen LogP) is 3.84. The zero-order valence-corrected chi connectivity index (χ0v) is 22.4. The second kappa shape index (κ2) is 13.3. The Bertz CT molecular complexity index is 1070. The molecule has 0 saturated carbocycles. The number of rotatable bonds is 13. The number of sulfonamides is 1. The molecular weight excluding hydrogens is 462 g/mol. The molecule has 1 N–H and O–H groups in total. The Hall–Kier alpha value is -2.87. The summed E-state index contributed by atoms with van der Waals surface area (Å²) in [5.41, 5.74) is 3.08. The van der Waals surface area contributed by atoms with Crippen LogP contribution in [0.1, 0.15) is 49.8 Å². The second-order valence-electron chi connectivity index (χ2n) is 8.90. The predicted molar refractivity (Wildman–Crippen MR) is 142 cm³/mol. The summed E-state index contributed by atoms with van der Waals surface area (Å²) < 4.78 is 26.8. The summed E-state index contributed by atoms with van der Waals surface area (Å²) in [6, 6.07) is 14.6. The third-order valence-electron chi connectivity index (χ3n) is 6.07. The molecule has 0 aliphatic heterocycles. The first-order valence-corrected chi connectivity index (χ1v) is 14.1. The number of nitrogens with one attached hydrogen (secondary N) is 1. The molecule has 0 bridgehead atoms. The number of amides is 2. The van der Waals surface area contributed by atoms with Gasteiger partial charge in [0.1, 0.15) is 12.6 Å². The van der Waals surface area contributed by atoms with Crippen molar-refractivity contribution in [1.29, 1.82) is 0 Å². The van der Waals surface area contributed by atoms with Crippen molar-refractivity contribution in [3.05, 3.63) is 65.2 Å². The highest BCUT2D eigenvalue weighted by molar-refractivity contribution is 7.92. The van der Waals surface area contributed by atoms with Crippen molar-refractivity contribution >= 4 is 27.5 Å². The van der Waals surface area contributed by atoms with E-state index in [4.69, 9.17) is 0 Å². The smallest absolute Gasteiger partial charge is 0.244 e. The van der Waals surface area contributed by atoms with E-state index < -0.39 is 22.0 Å². The van der Waals surface area contributed by atoms with Crippen LogP contribution in [0, 0.1) is 13.8 Å². The lowest BCUT2D eigenvalue weighted by Gasteiger charge is -2.33. The zero-order chi connectivity index (χ0) is 26.0. The van der Waals surface area contributed by atoms with Crippen LogP contribution in [-0.2, 0) is 26.0 Å². The first kappa shape index (κ1) is 28.4. The topological polar surface area (TPSA) is 86.8 Å². The van der Waals surface area contributed by atoms with Crippen LogP contribution in [0.5, 0.6) is 0 Å². The van der Waals surface area contributed by atoms with Gasteiger partial charge in [-0.3, -0.25) is 13.9 Å². The Morgan fingerprint density at radius 2 is 1.60 bits per heavy atom. The zero-order valence-electron chi connectivity index (χ0n) is 21.6. The maximum Gasteiger partial charge on any atom is 0.244 e. The van der Waals surface area contributed by atoms with Crippen LogP contribution in [-0.4, -0.2) is 57.1 Å². The molecule has 35 heavy (non-hydrogen) atoms. The SMILES string of the molecule is CCCCNC(=O)[C@H](CC)N(CCc1ccccc1)C(=O)CN(c1c(C)cccc1C)S(C)(=O)=O. The van der Waals surface area contributed by atoms with Gasteiger partial charge in [-0.25, -0.2) is 8.42 Å². The van der Waals surface area contributed by atoms with E-state index in [1.165, 1.54) is 0 Å². The van der Waals surface area contributed by atoms with Crippen molar-refractivity contribution in [1.82, 2.24) is 10.2 Å². The molecule has 2 aromatic carbocycles. The van der Waals surface area contributed by atoms with Gasteiger partial charge in [0, 0.05) is 13.1 Å². The van der Waals surface area contributed by atoms with Crippen LogP contribution in [0.4, 0.5) is 5.69 Å². The van der Waals surface area contributed by atoms with Crippen LogP contribution >= 0.6 is 0 Å². The molecule has 2 rings (SSSR count). The number of carbonyl (C=O) groups excluding carboxylic acids is 2. The van der Waals surface area contributed by atoms with Crippen molar-refractivity contribution in [2.45, 2.75) is 59.4 Å². The number of anilines is 1. The van der Waals surface area contributed by atoms with Gasteiger partial charge in [-0.05, 0) is 49.8 Å². The fourth-order valence-electron chi connectivity index (χ4n) is 4.18. The van der Waals surface area contributed by atoms with Crippen molar-refractivity contribution in [3.63, 3.8) is 0 Å². The molecule has 192 valence electrons. The Kier molecular flexibility index (Phi) is 10.8. The molecule has 2 aromatic rings. The molecule has 0 unspecified atom stereocenters. The number of nitrogens with zero attached hydrogens (tertiary/aromatic N) is 2. The number of unbranched alkanes of at least 4 members (excludes halogenated alkanes) is 1. The summed E-state index contributed by atoms with van der Waals surface area (Å²) in [5, 5.41) is 2.94. The first-order valence-electron chi connectivity index (χ1n) is 12.2. The molecule has 0 spiro atoms. The van der Waals surface area contributed by atoms with Gasteiger partial charge in [-0.1, -0.05) is 68.8 Å². The molecule has 2 amide bonds. The van der Waals surface area contributed by atoms with Crippen LogP contribution < -0.4 is 9.62 Å². The summed E-state index contributed by atoms with van der Waals surface area (Å²) in [6.45, 7) is 8.07. The summed E-state index contributed by atoms with van der Waals surface area (Å²) in [5.74, 6) is -0.605. The van der Waals surface area contributed by atoms with Crippen molar-refractivity contribution in [3.8, 4) is 0 Å². The lowest BCUT2D eigenvalue weighted by Crippen LogP contribution is -2.53. The second-order valence-corrected chi connectivity index (χ2v) is 10.8. The van der Waals surface area contributed by atoms with Gasteiger partial charge in [-0.15, -0.1) is 0 Å². The Morgan fingerprint density at radius 3 is 2.14 bits per heavy atom. The van der Waals surface area contributed by atoms with Crippen LogP contribution in [0.3, 0.4) is 0 Å². The van der Waals surface area contributed by atoms with Crippen LogP contribution in [0.25, 0.3) is 0 Å². The highest BCUT2D eigenvalue weighted by atomic mass is 32.2. The molecular formula is C27H39N3O4S. The quantitative estimate of drug-likeness (QED) is 0.423. The van der Waals surface area contributed by atoms with Crippen molar-refractivity contribution < 1.29 is 18.0 Å². The van der Waals surface area contributed by atoms with Gasteiger partial charge in [0.15, 0.2) is 0 Å². The summed E-state index contributed by atoms with van der Waals surface area (Å²) in [6.07, 6.45) is 3.91. The lowest BCUT2D eigenvalue weighted by atomic mass is 10.1. The third-order valence-corrected chi connectivity index (χ3v) is 7.18. The Balaban J connectivity index is 2.38. The molecule has 8 heteroatoms. The minimum absolute atomic E-state index is 0.208. The van der Waals surface area contributed by atoms with Gasteiger partial charge in [-0.2, -0.15) is 0 Å². The molecule has 0 fully saturated rings. The maximum absolute atomic E-state index is 13.7. The van der Waals surface area contributed by atoms with Crippen molar-refractivity contribution in [2.75, 3.05) is 30.2 Å².